The summed E-state index contributed by atoms with van der Waals surface area (Å²) >= 11 is 0. The first-order valence-corrected chi connectivity index (χ1v) is 5.61. The van der Waals surface area contributed by atoms with E-state index in [0.29, 0.717) is 25.1 Å². The number of imidazole rings is 1. The summed E-state index contributed by atoms with van der Waals surface area (Å²) in [6.07, 6.45) is 5.96. The molecule has 5 heteroatoms. The molecule has 0 aliphatic carbocycles. The normalized spacial score (nSPS) is 12.1. The van der Waals surface area contributed by atoms with Crippen LogP contribution in [-0.4, -0.2) is 39.1 Å². The van der Waals surface area contributed by atoms with Crippen molar-refractivity contribution in [3.05, 3.63) is 29.9 Å². The minimum atomic E-state index is -0.835. The molecule has 1 rings (SSSR count). The average Bonchev–Trinajstić information content (AvgIpc) is 2.65. The lowest BCUT2D eigenvalue weighted by Gasteiger charge is -2.14. The van der Waals surface area contributed by atoms with Crippen molar-refractivity contribution >= 4 is 5.97 Å². The number of aliphatic carboxylic acids is 1. The molecule has 0 aliphatic rings. The van der Waals surface area contributed by atoms with E-state index in [0.717, 1.165) is 5.82 Å². The van der Waals surface area contributed by atoms with Gasteiger partial charge in [0.25, 0.3) is 0 Å². The first kappa shape index (κ1) is 13.4. The lowest BCUT2D eigenvalue weighted by molar-refractivity contribution is -0.132. The molecular weight excluding hydrogens is 218 g/mol. The maximum absolute atomic E-state index is 10.8. The molecule has 0 aliphatic heterocycles. The van der Waals surface area contributed by atoms with Crippen molar-refractivity contribution in [2.75, 3.05) is 13.6 Å². The van der Waals surface area contributed by atoms with E-state index in [-0.39, 0.29) is 0 Å². The second-order valence-electron chi connectivity index (χ2n) is 4.04. The molecule has 94 valence electrons. The van der Waals surface area contributed by atoms with Crippen LogP contribution in [-0.2, 0) is 18.4 Å². The van der Waals surface area contributed by atoms with E-state index in [4.69, 9.17) is 5.11 Å². The van der Waals surface area contributed by atoms with Gasteiger partial charge in [-0.25, -0.2) is 9.78 Å². The van der Waals surface area contributed by atoms with Crippen LogP contribution in [0.2, 0.25) is 0 Å². The zero-order valence-corrected chi connectivity index (χ0v) is 10.6. The Bertz CT molecular complexity index is 410. The molecule has 17 heavy (non-hydrogen) atoms. The number of carboxylic acid groups (broad SMARTS) is 1. The standard InChI is InChI=1S/C12H19N3O2/c1-4-10(12(16)17)5-7-14(2)9-11-13-6-8-15(11)3/h5-6,8H,4,7,9H2,1-3H3,(H,16,17). The van der Waals surface area contributed by atoms with Gasteiger partial charge in [0, 0.05) is 31.6 Å². The molecule has 0 saturated heterocycles. The second kappa shape index (κ2) is 6.20. The van der Waals surface area contributed by atoms with E-state index in [9.17, 15) is 4.79 Å². The Balaban J connectivity index is 2.53. The van der Waals surface area contributed by atoms with E-state index < -0.39 is 5.97 Å². The molecule has 0 bridgehead atoms. The largest absolute Gasteiger partial charge is 0.478 e. The SMILES string of the molecule is CCC(=CCN(C)Cc1nccn1C)C(=O)O. The van der Waals surface area contributed by atoms with Crippen molar-refractivity contribution in [1.29, 1.82) is 0 Å². The molecule has 1 N–H and O–H groups in total. The van der Waals surface area contributed by atoms with E-state index in [2.05, 4.69) is 4.98 Å². The molecule has 0 radical (unpaired) electrons. The summed E-state index contributed by atoms with van der Waals surface area (Å²) in [5, 5.41) is 8.88. The Kier molecular flexibility index (Phi) is 4.90. The van der Waals surface area contributed by atoms with Gasteiger partial charge in [0.2, 0.25) is 0 Å². The zero-order chi connectivity index (χ0) is 12.8. The summed E-state index contributed by atoms with van der Waals surface area (Å²) in [5.74, 6) is 0.132. The highest BCUT2D eigenvalue weighted by Gasteiger charge is 2.06. The maximum atomic E-state index is 10.8. The number of rotatable bonds is 6. The van der Waals surface area contributed by atoms with Crippen molar-refractivity contribution in [3.63, 3.8) is 0 Å². The first-order valence-electron chi connectivity index (χ1n) is 5.61. The average molecular weight is 237 g/mol. The van der Waals surface area contributed by atoms with Crippen molar-refractivity contribution in [1.82, 2.24) is 14.5 Å². The monoisotopic (exact) mass is 237 g/mol. The van der Waals surface area contributed by atoms with Gasteiger partial charge in [0.15, 0.2) is 0 Å². The van der Waals surface area contributed by atoms with Gasteiger partial charge in [0.05, 0.1) is 6.54 Å². The molecule has 0 amide bonds. The third-order valence-electron chi connectivity index (χ3n) is 2.64. The third-order valence-corrected chi connectivity index (χ3v) is 2.64. The van der Waals surface area contributed by atoms with Crippen LogP contribution in [0.25, 0.3) is 0 Å². The molecule has 1 heterocycles. The predicted octanol–water partition coefficient (Wildman–Crippen LogP) is 1.27. The first-order chi connectivity index (χ1) is 8.04. The Morgan fingerprint density at radius 2 is 2.35 bits per heavy atom. The van der Waals surface area contributed by atoms with Crippen LogP contribution >= 0.6 is 0 Å². The van der Waals surface area contributed by atoms with Gasteiger partial charge in [-0.15, -0.1) is 0 Å². The van der Waals surface area contributed by atoms with Crippen molar-refractivity contribution in [2.24, 2.45) is 7.05 Å². The molecule has 0 aromatic carbocycles. The Morgan fingerprint density at radius 1 is 1.65 bits per heavy atom. The number of aromatic nitrogens is 2. The Labute approximate surface area is 101 Å². The predicted molar refractivity (Wildman–Crippen MR) is 65.6 cm³/mol. The van der Waals surface area contributed by atoms with Crippen molar-refractivity contribution in [3.8, 4) is 0 Å². The number of hydrogen-bond acceptors (Lipinski definition) is 3. The second-order valence-corrected chi connectivity index (χ2v) is 4.04. The minimum absolute atomic E-state index is 0.455. The molecule has 5 nitrogen and oxygen atoms in total. The highest BCUT2D eigenvalue weighted by molar-refractivity contribution is 5.86. The van der Waals surface area contributed by atoms with Gasteiger partial charge in [-0.3, -0.25) is 4.90 Å². The van der Waals surface area contributed by atoms with Crippen LogP contribution in [0.15, 0.2) is 24.0 Å². The van der Waals surface area contributed by atoms with Crippen LogP contribution in [0.1, 0.15) is 19.2 Å². The summed E-state index contributed by atoms with van der Waals surface area (Å²) in [7, 11) is 3.89. The number of nitrogens with zero attached hydrogens (tertiary/aromatic N) is 3. The molecule has 0 saturated carbocycles. The number of hydrogen-bond donors (Lipinski definition) is 1. The van der Waals surface area contributed by atoms with Crippen LogP contribution in [0.3, 0.4) is 0 Å². The van der Waals surface area contributed by atoms with E-state index >= 15 is 0 Å². The molecule has 0 fully saturated rings. The number of carboxylic acids is 1. The summed E-state index contributed by atoms with van der Waals surface area (Å²) in [6, 6.07) is 0. The van der Waals surface area contributed by atoms with Gasteiger partial charge >= 0.3 is 5.97 Å². The zero-order valence-electron chi connectivity index (χ0n) is 10.6. The van der Waals surface area contributed by atoms with Crippen LogP contribution in [0, 0.1) is 0 Å². The number of carbonyl (C=O) groups is 1. The fraction of sp³-hybridized carbons (Fsp3) is 0.500. The van der Waals surface area contributed by atoms with E-state index in [1.165, 1.54) is 0 Å². The van der Waals surface area contributed by atoms with Crippen molar-refractivity contribution in [2.45, 2.75) is 19.9 Å². The van der Waals surface area contributed by atoms with Gasteiger partial charge in [-0.1, -0.05) is 13.0 Å². The quantitative estimate of drug-likeness (QED) is 0.757. The number of likely N-dealkylation sites (N-methyl/N-ethyl adjacent to an activating group) is 1. The number of aryl methyl sites for hydroxylation is 1. The minimum Gasteiger partial charge on any atom is -0.478 e. The van der Waals surface area contributed by atoms with E-state index in [1.807, 2.05) is 36.7 Å². The van der Waals surface area contributed by atoms with Gasteiger partial charge in [-0.05, 0) is 13.5 Å². The lowest BCUT2D eigenvalue weighted by atomic mass is 10.2. The van der Waals surface area contributed by atoms with E-state index in [1.54, 1.807) is 12.3 Å². The molecule has 0 spiro atoms. The van der Waals surface area contributed by atoms with Crippen LogP contribution < -0.4 is 0 Å². The summed E-state index contributed by atoms with van der Waals surface area (Å²) < 4.78 is 1.96. The molecule has 1 aromatic rings. The Hall–Kier alpha value is -1.62. The molecular formula is C12H19N3O2. The van der Waals surface area contributed by atoms with Crippen LogP contribution in [0.5, 0.6) is 0 Å². The van der Waals surface area contributed by atoms with Gasteiger partial charge in [-0.2, -0.15) is 0 Å². The summed E-state index contributed by atoms with van der Waals surface area (Å²) in [5.41, 5.74) is 0.455. The topological polar surface area (TPSA) is 58.4 Å². The lowest BCUT2D eigenvalue weighted by Crippen LogP contribution is -2.20. The van der Waals surface area contributed by atoms with Crippen molar-refractivity contribution < 1.29 is 9.90 Å². The summed E-state index contributed by atoms with van der Waals surface area (Å²) in [6.45, 7) is 3.16. The molecule has 1 aromatic heterocycles. The van der Waals surface area contributed by atoms with Crippen LogP contribution in [0.4, 0.5) is 0 Å². The maximum Gasteiger partial charge on any atom is 0.331 e. The fourth-order valence-corrected chi connectivity index (χ4v) is 1.50. The fourth-order valence-electron chi connectivity index (χ4n) is 1.50. The van der Waals surface area contributed by atoms with Gasteiger partial charge < -0.3 is 9.67 Å². The smallest absolute Gasteiger partial charge is 0.331 e. The van der Waals surface area contributed by atoms with Gasteiger partial charge in [0.1, 0.15) is 5.82 Å². The third kappa shape index (κ3) is 4.03. The summed E-state index contributed by atoms with van der Waals surface area (Å²) in [4.78, 5) is 17.1. The molecule has 0 unspecified atom stereocenters. The highest BCUT2D eigenvalue weighted by atomic mass is 16.4. The Morgan fingerprint density at radius 3 is 2.82 bits per heavy atom. The molecule has 0 atom stereocenters. The highest BCUT2D eigenvalue weighted by Crippen LogP contribution is 2.03.